The van der Waals surface area contributed by atoms with Crippen molar-refractivity contribution in [2.75, 3.05) is 13.7 Å². The highest BCUT2D eigenvalue weighted by Crippen LogP contribution is 1.98. The molecule has 0 amide bonds. The molecule has 0 spiro atoms. The monoisotopic (exact) mass is 171 g/mol. The van der Waals surface area contributed by atoms with E-state index in [0.717, 1.165) is 0 Å². The van der Waals surface area contributed by atoms with Crippen molar-refractivity contribution >= 4 is 0 Å². The van der Waals surface area contributed by atoms with Crippen LogP contribution in [0.2, 0.25) is 0 Å². The van der Waals surface area contributed by atoms with Gasteiger partial charge in [-0.3, -0.25) is 0 Å². The van der Waals surface area contributed by atoms with Crippen LogP contribution in [0.4, 0.5) is 0 Å². The second-order valence-corrected chi connectivity index (χ2v) is 2.27. The van der Waals surface area contributed by atoms with Gasteiger partial charge < -0.3 is 14.6 Å². The molecule has 0 atom stereocenters. The van der Waals surface area contributed by atoms with Gasteiger partial charge in [0.1, 0.15) is 6.61 Å². The summed E-state index contributed by atoms with van der Waals surface area (Å²) in [5, 5.41) is 6.66. The number of nitrogens with zero attached hydrogens (tertiary/aromatic N) is 2. The SMILES string of the molecule is CCOCc1nc(CNC)no1. The van der Waals surface area contributed by atoms with Crippen molar-refractivity contribution in [2.45, 2.75) is 20.1 Å². The van der Waals surface area contributed by atoms with Crippen LogP contribution in [-0.2, 0) is 17.9 Å². The van der Waals surface area contributed by atoms with E-state index < -0.39 is 0 Å². The fourth-order valence-electron chi connectivity index (χ4n) is 0.768. The Balaban J connectivity index is 2.41. The van der Waals surface area contributed by atoms with Crippen LogP contribution in [0, 0.1) is 0 Å². The zero-order valence-electron chi connectivity index (χ0n) is 7.33. The maximum atomic E-state index is 5.09. The molecule has 0 aliphatic rings. The predicted molar refractivity (Wildman–Crippen MR) is 42.4 cm³/mol. The Morgan fingerprint density at radius 3 is 3.08 bits per heavy atom. The summed E-state index contributed by atoms with van der Waals surface area (Å²) in [5.74, 6) is 1.19. The Bertz CT molecular complexity index is 224. The Hall–Kier alpha value is -0.940. The van der Waals surface area contributed by atoms with Crippen molar-refractivity contribution in [2.24, 2.45) is 0 Å². The van der Waals surface area contributed by atoms with Gasteiger partial charge in [0.2, 0.25) is 0 Å². The lowest BCUT2D eigenvalue weighted by Gasteiger charge is -1.92. The van der Waals surface area contributed by atoms with E-state index in [1.165, 1.54) is 0 Å². The van der Waals surface area contributed by atoms with Crippen molar-refractivity contribution < 1.29 is 9.26 Å². The summed E-state index contributed by atoms with van der Waals surface area (Å²) in [6, 6.07) is 0. The van der Waals surface area contributed by atoms with E-state index in [0.29, 0.717) is 31.5 Å². The topological polar surface area (TPSA) is 60.2 Å². The summed E-state index contributed by atoms with van der Waals surface area (Å²) in [4.78, 5) is 4.07. The fourth-order valence-corrected chi connectivity index (χ4v) is 0.768. The fraction of sp³-hybridized carbons (Fsp3) is 0.714. The van der Waals surface area contributed by atoms with Gasteiger partial charge in [-0.25, -0.2) is 0 Å². The highest BCUT2D eigenvalue weighted by molar-refractivity contribution is 4.83. The second-order valence-electron chi connectivity index (χ2n) is 2.27. The largest absolute Gasteiger partial charge is 0.372 e. The van der Waals surface area contributed by atoms with Crippen LogP contribution in [0.25, 0.3) is 0 Å². The molecule has 1 rings (SSSR count). The van der Waals surface area contributed by atoms with Gasteiger partial charge >= 0.3 is 0 Å². The van der Waals surface area contributed by atoms with Crippen LogP contribution in [0.1, 0.15) is 18.6 Å². The number of nitrogens with one attached hydrogen (secondary N) is 1. The molecule has 0 unspecified atom stereocenters. The van der Waals surface area contributed by atoms with E-state index in [1.54, 1.807) is 0 Å². The van der Waals surface area contributed by atoms with E-state index in [9.17, 15) is 0 Å². The minimum atomic E-state index is 0.396. The molecule has 0 aliphatic carbocycles. The summed E-state index contributed by atoms with van der Waals surface area (Å²) in [5.41, 5.74) is 0. The Morgan fingerprint density at radius 2 is 2.42 bits per heavy atom. The molecule has 0 fully saturated rings. The molecular weight excluding hydrogens is 158 g/mol. The van der Waals surface area contributed by atoms with Gasteiger partial charge in [0.05, 0.1) is 6.54 Å². The number of rotatable bonds is 5. The first-order valence-corrected chi connectivity index (χ1v) is 3.90. The third-order valence-corrected chi connectivity index (χ3v) is 1.27. The normalized spacial score (nSPS) is 10.5. The molecule has 0 aliphatic heterocycles. The van der Waals surface area contributed by atoms with Crippen LogP contribution in [0.15, 0.2) is 4.52 Å². The third kappa shape index (κ3) is 2.60. The molecule has 12 heavy (non-hydrogen) atoms. The highest BCUT2D eigenvalue weighted by atomic mass is 16.5. The molecule has 0 saturated carbocycles. The zero-order chi connectivity index (χ0) is 8.81. The van der Waals surface area contributed by atoms with Crippen molar-refractivity contribution in [3.05, 3.63) is 11.7 Å². The molecule has 0 aromatic carbocycles. The Labute approximate surface area is 71.1 Å². The standard InChI is InChI=1S/C7H13N3O2/c1-3-11-5-7-9-6(4-8-2)10-12-7/h8H,3-5H2,1-2H3. The molecule has 1 N–H and O–H groups in total. The zero-order valence-corrected chi connectivity index (χ0v) is 7.33. The van der Waals surface area contributed by atoms with Gasteiger partial charge in [0.15, 0.2) is 5.82 Å². The lowest BCUT2D eigenvalue weighted by Crippen LogP contribution is -2.06. The van der Waals surface area contributed by atoms with Crippen LogP contribution in [0.5, 0.6) is 0 Å². The molecule has 1 heterocycles. The summed E-state index contributed by atoms with van der Waals surface area (Å²) < 4.78 is 9.99. The van der Waals surface area contributed by atoms with Gasteiger partial charge in [-0.05, 0) is 14.0 Å². The molecule has 0 bridgehead atoms. The Kier molecular flexibility index (Phi) is 3.69. The van der Waals surface area contributed by atoms with Crippen molar-refractivity contribution in [3.63, 3.8) is 0 Å². The minimum Gasteiger partial charge on any atom is -0.372 e. The molecule has 0 radical (unpaired) electrons. The van der Waals surface area contributed by atoms with Crippen molar-refractivity contribution in [1.82, 2.24) is 15.5 Å². The average Bonchev–Trinajstić information content (AvgIpc) is 2.50. The van der Waals surface area contributed by atoms with E-state index in [2.05, 4.69) is 15.5 Å². The summed E-state index contributed by atoms with van der Waals surface area (Å²) in [6.07, 6.45) is 0. The first-order chi connectivity index (χ1) is 5.86. The van der Waals surface area contributed by atoms with Crippen LogP contribution < -0.4 is 5.32 Å². The number of hydrogen-bond acceptors (Lipinski definition) is 5. The van der Waals surface area contributed by atoms with E-state index >= 15 is 0 Å². The number of aromatic nitrogens is 2. The smallest absolute Gasteiger partial charge is 0.252 e. The van der Waals surface area contributed by atoms with Gasteiger partial charge in [-0.1, -0.05) is 5.16 Å². The first kappa shape index (κ1) is 9.15. The maximum Gasteiger partial charge on any atom is 0.252 e. The second kappa shape index (κ2) is 4.84. The van der Waals surface area contributed by atoms with Gasteiger partial charge in [-0.15, -0.1) is 0 Å². The maximum absolute atomic E-state index is 5.09. The molecular formula is C7H13N3O2. The number of hydrogen-bond donors (Lipinski definition) is 1. The van der Waals surface area contributed by atoms with Gasteiger partial charge in [0, 0.05) is 6.61 Å². The molecule has 5 heteroatoms. The van der Waals surface area contributed by atoms with E-state index in [4.69, 9.17) is 9.26 Å². The van der Waals surface area contributed by atoms with Crippen LogP contribution >= 0.6 is 0 Å². The van der Waals surface area contributed by atoms with Gasteiger partial charge in [0.25, 0.3) is 5.89 Å². The van der Waals surface area contributed by atoms with E-state index in [1.807, 2.05) is 14.0 Å². The lowest BCUT2D eigenvalue weighted by molar-refractivity contribution is 0.109. The quantitative estimate of drug-likeness (QED) is 0.691. The van der Waals surface area contributed by atoms with Gasteiger partial charge in [-0.2, -0.15) is 4.98 Å². The average molecular weight is 171 g/mol. The van der Waals surface area contributed by atoms with Crippen LogP contribution in [-0.4, -0.2) is 23.8 Å². The third-order valence-electron chi connectivity index (χ3n) is 1.27. The van der Waals surface area contributed by atoms with E-state index in [-0.39, 0.29) is 0 Å². The first-order valence-electron chi connectivity index (χ1n) is 3.90. The van der Waals surface area contributed by atoms with Crippen molar-refractivity contribution in [1.29, 1.82) is 0 Å². The number of ether oxygens (including phenoxy) is 1. The highest BCUT2D eigenvalue weighted by Gasteiger charge is 2.03. The minimum absolute atomic E-state index is 0.396. The van der Waals surface area contributed by atoms with Crippen LogP contribution in [0.3, 0.4) is 0 Å². The summed E-state index contributed by atoms with van der Waals surface area (Å²) in [6.45, 7) is 3.59. The molecule has 0 saturated heterocycles. The molecule has 68 valence electrons. The Morgan fingerprint density at radius 1 is 1.58 bits per heavy atom. The summed E-state index contributed by atoms with van der Waals surface area (Å²) >= 11 is 0. The molecule has 5 nitrogen and oxygen atoms in total. The predicted octanol–water partition coefficient (Wildman–Crippen LogP) is 0.325. The molecule has 1 aromatic heterocycles. The summed E-state index contributed by atoms with van der Waals surface area (Å²) in [7, 11) is 1.83. The van der Waals surface area contributed by atoms with Crippen molar-refractivity contribution in [3.8, 4) is 0 Å². The lowest BCUT2D eigenvalue weighted by atomic mass is 10.6. The molecule has 1 aromatic rings.